The Morgan fingerprint density at radius 2 is 1.77 bits per heavy atom. The first kappa shape index (κ1) is 22.0. The number of hydrogen-bond donors (Lipinski definition) is 0. The van der Waals surface area contributed by atoms with E-state index >= 15 is 0 Å². The first-order chi connectivity index (χ1) is 15.0. The molecule has 7 nitrogen and oxygen atoms in total. The van der Waals surface area contributed by atoms with Crippen LogP contribution in [0.3, 0.4) is 0 Å². The van der Waals surface area contributed by atoms with Crippen LogP contribution in [-0.4, -0.2) is 62.8 Å². The van der Waals surface area contributed by atoms with Gasteiger partial charge in [-0.2, -0.15) is 0 Å². The van der Waals surface area contributed by atoms with Crippen LogP contribution >= 0.6 is 15.9 Å². The van der Waals surface area contributed by atoms with Crippen molar-refractivity contribution in [2.24, 2.45) is 5.92 Å². The average molecular weight is 488 g/mol. The van der Waals surface area contributed by atoms with Gasteiger partial charge >= 0.3 is 0 Å². The van der Waals surface area contributed by atoms with Gasteiger partial charge in [0.05, 0.1) is 11.4 Å². The van der Waals surface area contributed by atoms with E-state index in [1.54, 1.807) is 9.58 Å². The molecule has 0 bridgehead atoms. The lowest BCUT2D eigenvalue weighted by molar-refractivity contribution is -0.133. The van der Waals surface area contributed by atoms with Crippen LogP contribution in [0.2, 0.25) is 0 Å². The first-order valence-electron chi connectivity index (χ1n) is 11.3. The van der Waals surface area contributed by atoms with E-state index in [1.165, 1.54) is 32.1 Å². The molecule has 2 fully saturated rings. The first-order valence-corrected chi connectivity index (χ1v) is 12.1. The predicted octanol–water partition coefficient (Wildman–Crippen LogP) is 3.98. The van der Waals surface area contributed by atoms with Crippen molar-refractivity contribution in [2.75, 3.05) is 26.2 Å². The van der Waals surface area contributed by atoms with Crippen LogP contribution in [0.5, 0.6) is 0 Å². The van der Waals surface area contributed by atoms with E-state index in [1.807, 2.05) is 36.1 Å². The number of amides is 2. The van der Waals surface area contributed by atoms with Gasteiger partial charge in [0, 0.05) is 37.1 Å². The molecular weight excluding hydrogens is 458 g/mol. The highest BCUT2D eigenvalue weighted by molar-refractivity contribution is 9.10. The Morgan fingerprint density at radius 3 is 2.48 bits per heavy atom. The molecule has 2 aliphatic rings. The molecule has 0 N–H and O–H groups in total. The fraction of sp³-hybridized carbons (Fsp3) is 0.565. The van der Waals surface area contributed by atoms with Crippen molar-refractivity contribution in [3.05, 3.63) is 40.1 Å². The summed E-state index contributed by atoms with van der Waals surface area (Å²) in [5.74, 6) is 0.832. The molecule has 8 heteroatoms. The number of piperazine rings is 1. The zero-order chi connectivity index (χ0) is 21.8. The van der Waals surface area contributed by atoms with Crippen molar-refractivity contribution in [3.63, 3.8) is 0 Å². The van der Waals surface area contributed by atoms with Gasteiger partial charge in [-0.05, 0) is 37.5 Å². The minimum Gasteiger partial charge on any atom is -0.339 e. The lowest BCUT2D eigenvalue weighted by Crippen LogP contribution is -2.50. The van der Waals surface area contributed by atoms with Crippen molar-refractivity contribution in [1.29, 1.82) is 0 Å². The van der Waals surface area contributed by atoms with Crippen LogP contribution in [0, 0.1) is 12.8 Å². The summed E-state index contributed by atoms with van der Waals surface area (Å²) in [6, 6.07) is 7.73. The second-order valence-corrected chi connectivity index (χ2v) is 9.55. The van der Waals surface area contributed by atoms with Crippen LogP contribution in [0.1, 0.15) is 61.1 Å². The van der Waals surface area contributed by atoms with Crippen molar-refractivity contribution >= 4 is 27.7 Å². The quantitative estimate of drug-likeness (QED) is 0.639. The maximum Gasteiger partial charge on any atom is 0.276 e. The number of nitrogens with zero attached hydrogens (tertiary/aromatic N) is 5. The maximum absolute atomic E-state index is 13.0. The van der Waals surface area contributed by atoms with Gasteiger partial charge in [-0.25, -0.2) is 4.68 Å². The third-order valence-electron chi connectivity index (χ3n) is 6.56. The minimum atomic E-state index is -0.118. The van der Waals surface area contributed by atoms with E-state index in [9.17, 15) is 9.59 Å². The molecule has 4 rings (SSSR count). The molecule has 1 saturated carbocycles. The Bertz CT molecular complexity index is 930. The highest BCUT2D eigenvalue weighted by Gasteiger charge is 2.28. The van der Waals surface area contributed by atoms with Gasteiger partial charge in [0.1, 0.15) is 0 Å². The van der Waals surface area contributed by atoms with Crippen molar-refractivity contribution in [3.8, 4) is 5.69 Å². The summed E-state index contributed by atoms with van der Waals surface area (Å²) in [5, 5.41) is 8.35. The Hall–Kier alpha value is -2.22. The van der Waals surface area contributed by atoms with Crippen molar-refractivity contribution in [2.45, 2.75) is 51.9 Å². The fourth-order valence-corrected chi connectivity index (χ4v) is 5.04. The molecule has 0 spiro atoms. The molecule has 1 aliphatic heterocycles. The third kappa shape index (κ3) is 5.17. The number of halogens is 1. The van der Waals surface area contributed by atoms with Crippen LogP contribution < -0.4 is 0 Å². The molecule has 0 unspecified atom stereocenters. The lowest BCUT2D eigenvalue weighted by atomic mass is 9.86. The zero-order valence-corrected chi connectivity index (χ0v) is 19.7. The van der Waals surface area contributed by atoms with E-state index in [4.69, 9.17) is 0 Å². The van der Waals surface area contributed by atoms with E-state index in [-0.39, 0.29) is 11.8 Å². The van der Waals surface area contributed by atoms with E-state index in [0.717, 1.165) is 22.5 Å². The molecule has 31 heavy (non-hydrogen) atoms. The van der Waals surface area contributed by atoms with Gasteiger partial charge < -0.3 is 9.80 Å². The monoisotopic (exact) mass is 487 g/mol. The molecule has 0 radical (unpaired) electrons. The molecule has 1 saturated heterocycles. The Labute approximate surface area is 191 Å². The molecule has 0 atom stereocenters. The summed E-state index contributed by atoms with van der Waals surface area (Å²) in [6.45, 7) is 4.12. The summed E-state index contributed by atoms with van der Waals surface area (Å²) in [4.78, 5) is 29.4. The van der Waals surface area contributed by atoms with Gasteiger partial charge in [-0.3, -0.25) is 9.59 Å². The summed E-state index contributed by atoms with van der Waals surface area (Å²) in [7, 11) is 0. The van der Waals surface area contributed by atoms with Crippen LogP contribution in [0.25, 0.3) is 5.69 Å². The normalized spacial score (nSPS) is 17.7. The Balaban J connectivity index is 1.32. The SMILES string of the molecule is Cc1c(C(=O)N2CCN(C(=O)CCC3CCCCC3)CC2)nnn1-c1cccc(Br)c1. The number of rotatable bonds is 5. The van der Waals surface area contributed by atoms with E-state index in [0.29, 0.717) is 44.0 Å². The maximum atomic E-state index is 13.0. The number of aromatic nitrogens is 3. The number of hydrogen-bond acceptors (Lipinski definition) is 4. The number of benzene rings is 1. The second kappa shape index (κ2) is 9.94. The number of carbonyl (C=O) groups is 2. The van der Waals surface area contributed by atoms with E-state index in [2.05, 4.69) is 26.2 Å². The van der Waals surface area contributed by atoms with Crippen LogP contribution in [0.4, 0.5) is 0 Å². The summed E-state index contributed by atoms with van der Waals surface area (Å²) in [5.41, 5.74) is 1.94. The topological polar surface area (TPSA) is 71.3 Å². The molecule has 2 amide bonds. The average Bonchev–Trinajstić information content (AvgIpc) is 3.19. The van der Waals surface area contributed by atoms with Crippen molar-refractivity contribution < 1.29 is 9.59 Å². The van der Waals surface area contributed by atoms with Gasteiger partial charge in [0.25, 0.3) is 5.91 Å². The summed E-state index contributed by atoms with van der Waals surface area (Å²) in [6.07, 6.45) is 8.16. The molecule has 1 aromatic heterocycles. The largest absolute Gasteiger partial charge is 0.339 e. The van der Waals surface area contributed by atoms with Gasteiger partial charge in [0.15, 0.2) is 5.69 Å². The van der Waals surface area contributed by atoms with Gasteiger partial charge in [-0.1, -0.05) is 59.3 Å². The van der Waals surface area contributed by atoms with Crippen LogP contribution in [0.15, 0.2) is 28.7 Å². The molecule has 1 aliphatic carbocycles. The van der Waals surface area contributed by atoms with Gasteiger partial charge in [0.2, 0.25) is 5.91 Å². The Morgan fingerprint density at radius 1 is 1.06 bits per heavy atom. The molecule has 1 aromatic carbocycles. The number of carbonyl (C=O) groups excluding carboxylic acids is 2. The lowest BCUT2D eigenvalue weighted by Gasteiger charge is -2.35. The zero-order valence-electron chi connectivity index (χ0n) is 18.1. The smallest absolute Gasteiger partial charge is 0.276 e. The highest BCUT2D eigenvalue weighted by Crippen LogP contribution is 2.27. The third-order valence-corrected chi connectivity index (χ3v) is 7.05. The summed E-state index contributed by atoms with van der Waals surface area (Å²) >= 11 is 3.46. The molecule has 2 aromatic rings. The van der Waals surface area contributed by atoms with Gasteiger partial charge in [-0.15, -0.1) is 5.10 Å². The van der Waals surface area contributed by atoms with Crippen LogP contribution in [-0.2, 0) is 4.79 Å². The van der Waals surface area contributed by atoms with Crippen molar-refractivity contribution in [1.82, 2.24) is 24.8 Å². The van der Waals surface area contributed by atoms with E-state index < -0.39 is 0 Å². The minimum absolute atomic E-state index is 0.118. The molecular formula is C23H30BrN5O2. The Kier molecular flexibility index (Phi) is 7.05. The summed E-state index contributed by atoms with van der Waals surface area (Å²) < 4.78 is 2.63. The highest BCUT2D eigenvalue weighted by atomic mass is 79.9. The standard InChI is InChI=1S/C23H30BrN5O2/c1-17-22(25-26-29(17)20-9-5-8-19(24)16-20)23(31)28-14-12-27(13-15-28)21(30)11-10-18-6-3-2-4-7-18/h5,8-9,16,18H,2-4,6-7,10-15H2,1H3. The fourth-order valence-electron chi connectivity index (χ4n) is 4.65. The second-order valence-electron chi connectivity index (χ2n) is 8.63. The molecule has 2 heterocycles. The predicted molar refractivity (Wildman–Crippen MR) is 122 cm³/mol. The molecule has 166 valence electrons.